The van der Waals surface area contributed by atoms with E-state index >= 15 is 0 Å². The first-order chi connectivity index (χ1) is 8.99. The van der Waals surface area contributed by atoms with Crippen molar-refractivity contribution in [2.75, 3.05) is 13.7 Å². The molecule has 1 atom stereocenters. The number of nitrogens with zero attached hydrogens (tertiary/aromatic N) is 3. The highest BCUT2D eigenvalue weighted by Crippen LogP contribution is 2.20. The summed E-state index contributed by atoms with van der Waals surface area (Å²) in [7, 11) is 1.52. The van der Waals surface area contributed by atoms with Crippen molar-refractivity contribution in [3.8, 4) is 5.88 Å². The Hall–Kier alpha value is -2.42. The second-order valence-electron chi connectivity index (χ2n) is 3.64. The van der Waals surface area contributed by atoms with Gasteiger partial charge in [0.1, 0.15) is 6.10 Å². The Morgan fingerprint density at radius 3 is 2.89 bits per heavy atom. The molecule has 0 aromatic carbocycles. The van der Waals surface area contributed by atoms with E-state index in [1.165, 1.54) is 19.2 Å². The van der Waals surface area contributed by atoms with Gasteiger partial charge in [-0.15, -0.1) is 0 Å². The maximum atomic E-state index is 10.8. The number of nitro groups is 1. The summed E-state index contributed by atoms with van der Waals surface area (Å²) in [6, 6.07) is 2.51. The van der Waals surface area contributed by atoms with Crippen molar-refractivity contribution < 1.29 is 19.6 Å². The normalized spacial score (nSPS) is 13.1. The van der Waals surface area contributed by atoms with Gasteiger partial charge < -0.3 is 20.4 Å². The molecule has 0 spiro atoms. The van der Waals surface area contributed by atoms with Gasteiger partial charge in [0.15, 0.2) is 11.5 Å². The fourth-order valence-electron chi connectivity index (χ4n) is 1.36. The average Bonchev–Trinajstić information content (AvgIpc) is 2.37. The van der Waals surface area contributed by atoms with Crippen molar-refractivity contribution in [2.45, 2.75) is 13.0 Å². The summed E-state index contributed by atoms with van der Waals surface area (Å²) in [6.07, 6.45) is -0.293. The summed E-state index contributed by atoms with van der Waals surface area (Å²) in [5.41, 5.74) is 4.72. The SMILES string of the molecule is COCC(C)Oc1ccc([N+](=O)[O-])c(/C(N)=N/O)n1. The number of nitrogens with two attached hydrogens (primary N) is 1. The maximum absolute atomic E-state index is 10.8. The van der Waals surface area contributed by atoms with Crippen LogP contribution in [-0.4, -0.2) is 40.8 Å². The van der Waals surface area contributed by atoms with Gasteiger partial charge in [0.2, 0.25) is 5.88 Å². The molecular formula is C10H14N4O5. The van der Waals surface area contributed by atoms with Gasteiger partial charge in [0.25, 0.3) is 5.69 Å². The van der Waals surface area contributed by atoms with Crippen LogP contribution in [0, 0.1) is 10.1 Å². The molecule has 0 aliphatic heterocycles. The molecule has 0 aliphatic rings. The highest BCUT2D eigenvalue weighted by Gasteiger charge is 2.20. The maximum Gasteiger partial charge on any atom is 0.299 e. The average molecular weight is 270 g/mol. The molecule has 0 amide bonds. The lowest BCUT2D eigenvalue weighted by Gasteiger charge is -2.13. The molecule has 0 aliphatic carbocycles. The third-order valence-electron chi connectivity index (χ3n) is 2.12. The van der Waals surface area contributed by atoms with Crippen molar-refractivity contribution >= 4 is 11.5 Å². The molecule has 1 heterocycles. The predicted molar refractivity (Wildman–Crippen MR) is 65.4 cm³/mol. The smallest absolute Gasteiger partial charge is 0.299 e. The van der Waals surface area contributed by atoms with Crippen molar-refractivity contribution in [1.82, 2.24) is 4.98 Å². The van der Waals surface area contributed by atoms with Gasteiger partial charge in [0, 0.05) is 19.2 Å². The molecule has 0 fully saturated rings. The monoisotopic (exact) mass is 270 g/mol. The molecule has 9 nitrogen and oxygen atoms in total. The predicted octanol–water partition coefficient (Wildman–Crippen LogP) is 0.498. The minimum atomic E-state index is -0.678. The van der Waals surface area contributed by atoms with Crippen LogP contribution in [0.4, 0.5) is 5.69 Å². The first-order valence-electron chi connectivity index (χ1n) is 5.28. The Kier molecular flexibility index (Phi) is 5.01. The van der Waals surface area contributed by atoms with E-state index in [1.807, 2.05) is 0 Å². The Labute approximate surface area is 108 Å². The van der Waals surface area contributed by atoms with Crippen LogP contribution in [0.5, 0.6) is 5.88 Å². The van der Waals surface area contributed by atoms with Crippen LogP contribution in [0.1, 0.15) is 12.6 Å². The lowest BCUT2D eigenvalue weighted by molar-refractivity contribution is -0.385. The summed E-state index contributed by atoms with van der Waals surface area (Å²) < 4.78 is 10.3. The largest absolute Gasteiger partial charge is 0.472 e. The molecule has 1 aromatic rings. The molecule has 0 radical (unpaired) electrons. The number of oxime groups is 1. The Morgan fingerprint density at radius 1 is 1.68 bits per heavy atom. The van der Waals surface area contributed by atoms with Gasteiger partial charge in [-0.25, -0.2) is 4.98 Å². The number of hydrogen-bond acceptors (Lipinski definition) is 7. The van der Waals surface area contributed by atoms with Crippen molar-refractivity contribution in [3.05, 3.63) is 27.9 Å². The van der Waals surface area contributed by atoms with Crippen LogP contribution in [0.2, 0.25) is 0 Å². The van der Waals surface area contributed by atoms with E-state index in [9.17, 15) is 10.1 Å². The summed E-state index contributed by atoms with van der Waals surface area (Å²) >= 11 is 0. The zero-order chi connectivity index (χ0) is 14.4. The third-order valence-corrected chi connectivity index (χ3v) is 2.12. The Balaban J connectivity index is 3.08. The van der Waals surface area contributed by atoms with Crippen molar-refractivity contribution in [2.24, 2.45) is 10.9 Å². The van der Waals surface area contributed by atoms with Gasteiger partial charge in [-0.1, -0.05) is 5.16 Å². The van der Waals surface area contributed by atoms with E-state index < -0.39 is 10.8 Å². The van der Waals surface area contributed by atoms with Gasteiger partial charge in [-0.05, 0) is 6.92 Å². The molecule has 0 saturated heterocycles. The topological polar surface area (TPSA) is 133 Å². The van der Waals surface area contributed by atoms with Crippen LogP contribution in [0.3, 0.4) is 0 Å². The van der Waals surface area contributed by atoms with Crippen molar-refractivity contribution in [3.63, 3.8) is 0 Å². The zero-order valence-electron chi connectivity index (χ0n) is 10.4. The van der Waals surface area contributed by atoms with Crippen molar-refractivity contribution in [1.29, 1.82) is 0 Å². The molecule has 1 aromatic heterocycles. The quantitative estimate of drug-likeness (QED) is 0.253. The first-order valence-corrected chi connectivity index (χ1v) is 5.28. The number of hydrogen-bond donors (Lipinski definition) is 2. The lowest BCUT2D eigenvalue weighted by Crippen LogP contribution is -2.21. The fraction of sp³-hybridized carbons (Fsp3) is 0.400. The van der Waals surface area contributed by atoms with Gasteiger partial charge in [0.05, 0.1) is 11.5 Å². The molecule has 9 heteroatoms. The number of rotatable bonds is 6. The van der Waals surface area contributed by atoms with E-state index in [1.54, 1.807) is 6.92 Å². The number of aromatic nitrogens is 1. The van der Waals surface area contributed by atoms with Gasteiger partial charge in [-0.2, -0.15) is 0 Å². The Bertz CT molecular complexity index is 491. The number of ether oxygens (including phenoxy) is 2. The summed E-state index contributed by atoms with van der Waals surface area (Å²) in [4.78, 5) is 14.0. The summed E-state index contributed by atoms with van der Waals surface area (Å²) in [5, 5.41) is 22.1. The van der Waals surface area contributed by atoms with E-state index in [4.69, 9.17) is 20.4 Å². The fourth-order valence-corrected chi connectivity index (χ4v) is 1.36. The first kappa shape index (κ1) is 14.6. The summed E-state index contributed by atoms with van der Waals surface area (Å²) in [5.74, 6) is -0.340. The van der Waals surface area contributed by atoms with Crippen LogP contribution in [-0.2, 0) is 4.74 Å². The molecule has 104 valence electrons. The van der Waals surface area contributed by atoms with Crippen LogP contribution >= 0.6 is 0 Å². The highest BCUT2D eigenvalue weighted by atomic mass is 16.6. The highest BCUT2D eigenvalue weighted by molar-refractivity contribution is 5.98. The van der Waals surface area contributed by atoms with E-state index in [2.05, 4.69) is 10.1 Å². The van der Waals surface area contributed by atoms with Crippen LogP contribution in [0.25, 0.3) is 0 Å². The molecule has 0 bridgehead atoms. The standard InChI is InChI=1S/C10H14N4O5/c1-6(5-18-2)19-8-4-3-7(14(16)17)9(12-8)10(11)13-15/h3-4,6,15H,5H2,1-2H3,(H2,11,13). The second kappa shape index (κ2) is 6.50. The van der Waals surface area contributed by atoms with E-state index in [0.717, 1.165) is 0 Å². The number of methoxy groups -OCH3 is 1. The van der Waals surface area contributed by atoms with Crippen LogP contribution < -0.4 is 10.5 Å². The lowest BCUT2D eigenvalue weighted by atomic mass is 10.3. The zero-order valence-corrected chi connectivity index (χ0v) is 10.4. The minimum absolute atomic E-state index is 0.122. The van der Waals surface area contributed by atoms with Gasteiger partial charge in [-0.3, -0.25) is 10.1 Å². The van der Waals surface area contributed by atoms with E-state index in [-0.39, 0.29) is 23.4 Å². The van der Waals surface area contributed by atoms with E-state index in [0.29, 0.717) is 6.61 Å². The number of pyridine rings is 1. The molecule has 19 heavy (non-hydrogen) atoms. The molecule has 0 saturated carbocycles. The molecule has 3 N–H and O–H groups in total. The second-order valence-corrected chi connectivity index (χ2v) is 3.64. The minimum Gasteiger partial charge on any atom is -0.472 e. The molecule has 1 rings (SSSR count). The summed E-state index contributed by atoms with van der Waals surface area (Å²) in [6.45, 7) is 2.08. The molecular weight excluding hydrogens is 256 g/mol. The Morgan fingerprint density at radius 2 is 2.37 bits per heavy atom. The third kappa shape index (κ3) is 3.78. The molecule has 1 unspecified atom stereocenters. The number of amidine groups is 1. The van der Waals surface area contributed by atoms with Gasteiger partial charge >= 0.3 is 0 Å². The van der Waals surface area contributed by atoms with Crippen LogP contribution in [0.15, 0.2) is 17.3 Å².